The standard InChI is InChI=1S/C11H20Br2O/c1-3-11(7-12,8-13)6-10-5-4-9(2)14-10/h9-10H,3-8H2,1-2H3. The molecule has 0 amide bonds. The second-order valence-electron chi connectivity index (χ2n) is 4.47. The first-order valence-electron chi connectivity index (χ1n) is 5.43. The number of alkyl halides is 2. The van der Waals surface area contributed by atoms with Gasteiger partial charge >= 0.3 is 0 Å². The molecule has 0 aromatic carbocycles. The summed E-state index contributed by atoms with van der Waals surface area (Å²) in [6.07, 6.45) is 5.82. The van der Waals surface area contributed by atoms with E-state index in [1.165, 1.54) is 25.7 Å². The van der Waals surface area contributed by atoms with Crippen molar-refractivity contribution in [2.24, 2.45) is 5.41 Å². The Balaban J connectivity index is 2.47. The number of halogens is 2. The van der Waals surface area contributed by atoms with E-state index in [4.69, 9.17) is 4.74 Å². The SMILES string of the molecule is CCC(CBr)(CBr)CC1CCC(C)O1. The molecule has 1 aliphatic rings. The van der Waals surface area contributed by atoms with Crippen molar-refractivity contribution in [1.82, 2.24) is 0 Å². The molecule has 1 fully saturated rings. The van der Waals surface area contributed by atoms with Crippen LogP contribution in [0.15, 0.2) is 0 Å². The monoisotopic (exact) mass is 326 g/mol. The number of hydrogen-bond acceptors (Lipinski definition) is 1. The molecule has 14 heavy (non-hydrogen) atoms. The van der Waals surface area contributed by atoms with Gasteiger partial charge in [-0.05, 0) is 38.0 Å². The van der Waals surface area contributed by atoms with Crippen LogP contribution >= 0.6 is 31.9 Å². The summed E-state index contributed by atoms with van der Waals surface area (Å²) in [4.78, 5) is 0. The Morgan fingerprint density at radius 3 is 2.29 bits per heavy atom. The average Bonchev–Trinajstić information content (AvgIpc) is 2.61. The van der Waals surface area contributed by atoms with Crippen LogP contribution in [0.5, 0.6) is 0 Å². The van der Waals surface area contributed by atoms with Gasteiger partial charge in [-0.1, -0.05) is 38.8 Å². The largest absolute Gasteiger partial charge is 0.375 e. The summed E-state index contributed by atoms with van der Waals surface area (Å²) in [6.45, 7) is 4.44. The van der Waals surface area contributed by atoms with Crippen LogP contribution in [-0.4, -0.2) is 22.9 Å². The van der Waals surface area contributed by atoms with Crippen molar-refractivity contribution in [2.45, 2.75) is 51.7 Å². The van der Waals surface area contributed by atoms with Gasteiger partial charge in [0, 0.05) is 10.7 Å². The molecule has 1 nitrogen and oxygen atoms in total. The zero-order chi connectivity index (χ0) is 10.6. The first kappa shape index (κ1) is 13.0. The maximum Gasteiger partial charge on any atom is 0.0585 e. The molecule has 2 atom stereocenters. The van der Waals surface area contributed by atoms with Crippen molar-refractivity contribution >= 4 is 31.9 Å². The van der Waals surface area contributed by atoms with Gasteiger partial charge in [0.05, 0.1) is 12.2 Å². The average molecular weight is 328 g/mol. The molecule has 0 saturated carbocycles. The summed E-state index contributed by atoms with van der Waals surface area (Å²) in [6, 6.07) is 0. The topological polar surface area (TPSA) is 9.23 Å². The fraction of sp³-hybridized carbons (Fsp3) is 1.00. The highest BCUT2D eigenvalue weighted by molar-refractivity contribution is 9.09. The van der Waals surface area contributed by atoms with Crippen molar-refractivity contribution in [1.29, 1.82) is 0 Å². The van der Waals surface area contributed by atoms with E-state index in [-0.39, 0.29) is 0 Å². The first-order chi connectivity index (χ1) is 6.65. The summed E-state index contributed by atoms with van der Waals surface area (Å²) >= 11 is 7.26. The third kappa shape index (κ3) is 3.21. The van der Waals surface area contributed by atoms with Crippen LogP contribution in [0.4, 0.5) is 0 Å². The zero-order valence-electron chi connectivity index (χ0n) is 9.06. The molecule has 0 aliphatic carbocycles. The Kier molecular flexibility index (Phi) is 5.43. The van der Waals surface area contributed by atoms with Gasteiger partial charge in [0.25, 0.3) is 0 Å². The van der Waals surface area contributed by atoms with Crippen molar-refractivity contribution in [3.05, 3.63) is 0 Å². The smallest absolute Gasteiger partial charge is 0.0585 e. The lowest BCUT2D eigenvalue weighted by atomic mass is 9.83. The van der Waals surface area contributed by atoms with Gasteiger partial charge in [0.1, 0.15) is 0 Å². The Bertz CT molecular complexity index is 160. The molecule has 0 spiro atoms. The maximum atomic E-state index is 5.88. The van der Waals surface area contributed by atoms with Gasteiger partial charge in [-0.15, -0.1) is 0 Å². The van der Waals surface area contributed by atoms with E-state index < -0.39 is 0 Å². The minimum Gasteiger partial charge on any atom is -0.375 e. The summed E-state index contributed by atoms with van der Waals surface area (Å²) in [5.41, 5.74) is 0.384. The summed E-state index contributed by atoms with van der Waals surface area (Å²) in [5.74, 6) is 0. The van der Waals surface area contributed by atoms with Crippen molar-refractivity contribution in [3.8, 4) is 0 Å². The molecule has 0 N–H and O–H groups in total. The molecule has 1 rings (SSSR count). The van der Waals surface area contributed by atoms with Crippen LogP contribution in [0.25, 0.3) is 0 Å². The molecular weight excluding hydrogens is 308 g/mol. The molecule has 0 aromatic rings. The van der Waals surface area contributed by atoms with Gasteiger partial charge in [0.2, 0.25) is 0 Å². The van der Waals surface area contributed by atoms with Crippen LogP contribution in [0, 0.1) is 5.41 Å². The molecule has 84 valence electrons. The number of hydrogen-bond donors (Lipinski definition) is 0. The Labute approximate surface area is 104 Å². The molecule has 1 aliphatic heterocycles. The van der Waals surface area contributed by atoms with Crippen LogP contribution in [0.2, 0.25) is 0 Å². The van der Waals surface area contributed by atoms with Crippen molar-refractivity contribution in [2.75, 3.05) is 10.7 Å². The molecule has 1 saturated heterocycles. The minimum absolute atomic E-state index is 0.384. The molecule has 3 heteroatoms. The van der Waals surface area contributed by atoms with E-state index >= 15 is 0 Å². The van der Waals surface area contributed by atoms with Crippen LogP contribution in [0.1, 0.15) is 39.5 Å². The van der Waals surface area contributed by atoms with Crippen molar-refractivity contribution in [3.63, 3.8) is 0 Å². The highest BCUT2D eigenvalue weighted by Gasteiger charge is 2.33. The molecule has 0 aromatic heterocycles. The first-order valence-corrected chi connectivity index (χ1v) is 7.67. The van der Waals surface area contributed by atoms with E-state index in [0.717, 1.165) is 10.7 Å². The van der Waals surface area contributed by atoms with E-state index in [2.05, 4.69) is 45.7 Å². The minimum atomic E-state index is 0.384. The second kappa shape index (κ2) is 5.86. The van der Waals surface area contributed by atoms with Gasteiger partial charge in [0.15, 0.2) is 0 Å². The highest BCUT2D eigenvalue weighted by atomic mass is 79.9. The van der Waals surface area contributed by atoms with Crippen molar-refractivity contribution < 1.29 is 4.74 Å². The third-order valence-electron chi connectivity index (χ3n) is 3.30. The Morgan fingerprint density at radius 2 is 1.93 bits per heavy atom. The summed E-state index contributed by atoms with van der Waals surface area (Å²) in [7, 11) is 0. The van der Waals surface area contributed by atoms with Gasteiger partial charge in [-0.25, -0.2) is 0 Å². The van der Waals surface area contributed by atoms with E-state index in [1.807, 2.05) is 0 Å². The Morgan fingerprint density at radius 1 is 1.29 bits per heavy atom. The summed E-state index contributed by atoms with van der Waals surface area (Å²) in [5, 5.41) is 2.13. The number of rotatable bonds is 5. The van der Waals surface area contributed by atoms with Gasteiger partial charge in [-0.2, -0.15) is 0 Å². The Hall–Kier alpha value is 0.920. The predicted molar refractivity (Wildman–Crippen MR) is 68.5 cm³/mol. The zero-order valence-corrected chi connectivity index (χ0v) is 12.2. The van der Waals surface area contributed by atoms with Crippen LogP contribution in [0.3, 0.4) is 0 Å². The normalized spacial score (nSPS) is 28.3. The fourth-order valence-electron chi connectivity index (χ4n) is 2.00. The lowest BCUT2D eigenvalue weighted by molar-refractivity contribution is 0.0299. The molecule has 2 unspecified atom stereocenters. The fourth-order valence-corrected chi connectivity index (χ4v) is 4.18. The predicted octanol–water partition coefficient (Wildman–Crippen LogP) is 4.13. The third-order valence-corrected chi connectivity index (χ3v) is 5.68. The molecule has 0 bridgehead atoms. The number of ether oxygens (including phenoxy) is 1. The maximum absolute atomic E-state index is 5.88. The molecule has 0 radical (unpaired) electrons. The van der Waals surface area contributed by atoms with Gasteiger partial charge in [-0.3, -0.25) is 0 Å². The van der Waals surface area contributed by atoms with Gasteiger partial charge < -0.3 is 4.74 Å². The second-order valence-corrected chi connectivity index (χ2v) is 5.59. The lowest BCUT2D eigenvalue weighted by Gasteiger charge is -2.31. The van der Waals surface area contributed by atoms with E-state index in [9.17, 15) is 0 Å². The van der Waals surface area contributed by atoms with Crippen LogP contribution < -0.4 is 0 Å². The molecular formula is C11H20Br2O. The van der Waals surface area contributed by atoms with E-state index in [1.54, 1.807) is 0 Å². The quantitative estimate of drug-likeness (QED) is 0.690. The molecule has 1 heterocycles. The highest BCUT2D eigenvalue weighted by Crippen LogP contribution is 2.36. The van der Waals surface area contributed by atoms with E-state index in [0.29, 0.717) is 17.6 Å². The summed E-state index contributed by atoms with van der Waals surface area (Å²) < 4.78 is 5.88. The lowest BCUT2D eigenvalue weighted by Crippen LogP contribution is -2.29. The van der Waals surface area contributed by atoms with Crippen LogP contribution in [-0.2, 0) is 4.74 Å².